The Morgan fingerprint density at radius 3 is 2.32 bits per heavy atom. The van der Waals surface area contributed by atoms with Gasteiger partial charge in [0.1, 0.15) is 11.2 Å². The summed E-state index contributed by atoms with van der Waals surface area (Å²) in [6.45, 7) is 1.56. The molecule has 0 radical (unpaired) electrons. The molecular weight excluding hydrogens is 438 g/mol. The summed E-state index contributed by atoms with van der Waals surface area (Å²) in [6.07, 6.45) is 1.48. The smallest absolute Gasteiger partial charge is 0.244 e. The molecule has 0 bridgehead atoms. The molecule has 5 rings (SSSR count). The average Bonchev–Trinajstić information content (AvgIpc) is 3.24. The zero-order valence-corrected chi connectivity index (χ0v) is 17.9. The number of sulfonamides is 1. The summed E-state index contributed by atoms with van der Waals surface area (Å²) in [7, 11) is -3.66. The van der Waals surface area contributed by atoms with Crippen molar-refractivity contribution in [3.8, 4) is 5.69 Å². The SMILES string of the molecule is O=S(=O)(c1ccccc1Cl)N1CCN(c2ncnc3c2nnn3-c2ccccc2)CC1. The molecule has 4 aromatic rings. The molecule has 0 saturated carbocycles. The van der Waals surface area contributed by atoms with E-state index in [9.17, 15) is 8.42 Å². The van der Waals surface area contributed by atoms with Crippen LogP contribution in [0.2, 0.25) is 5.02 Å². The van der Waals surface area contributed by atoms with Crippen LogP contribution in [0.1, 0.15) is 0 Å². The van der Waals surface area contributed by atoms with Gasteiger partial charge in [-0.15, -0.1) is 5.10 Å². The maximum atomic E-state index is 13.0. The summed E-state index contributed by atoms with van der Waals surface area (Å²) in [5, 5.41) is 8.76. The molecule has 0 N–H and O–H groups in total. The van der Waals surface area contributed by atoms with Crippen LogP contribution in [-0.4, -0.2) is 63.9 Å². The molecule has 11 heteroatoms. The molecule has 1 aliphatic rings. The van der Waals surface area contributed by atoms with Crippen molar-refractivity contribution in [3.05, 3.63) is 65.9 Å². The van der Waals surface area contributed by atoms with Crippen LogP contribution < -0.4 is 4.90 Å². The van der Waals surface area contributed by atoms with Crippen LogP contribution in [0.15, 0.2) is 65.8 Å². The van der Waals surface area contributed by atoms with Gasteiger partial charge in [0.2, 0.25) is 10.0 Å². The minimum atomic E-state index is -3.66. The summed E-state index contributed by atoms with van der Waals surface area (Å²) in [6, 6.07) is 16.1. The molecule has 0 unspecified atom stereocenters. The van der Waals surface area contributed by atoms with E-state index in [0.29, 0.717) is 43.2 Å². The summed E-state index contributed by atoms with van der Waals surface area (Å²) >= 11 is 6.12. The first-order chi connectivity index (χ1) is 15.1. The first-order valence-electron chi connectivity index (χ1n) is 9.67. The third kappa shape index (κ3) is 3.52. The quantitative estimate of drug-likeness (QED) is 0.466. The number of benzene rings is 2. The molecule has 3 heterocycles. The van der Waals surface area contributed by atoms with Crippen molar-refractivity contribution in [1.29, 1.82) is 0 Å². The van der Waals surface area contributed by atoms with Crippen molar-refractivity contribution in [3.63, 3.8) is 0 Å². The molecule has 1 saturated heterocycles. The van der Waals surface area contributed by atoms with Crippen molar-refractivity contribution in [2.75, 3.05) is 31.1 Å². The molecule has 2 aromatic carbocycles. The topological polar surface area (TPSA) is 97.1 Å². The van der Waals surface area contributed by atoms with Crippen LogP contribution in [0.5, 0.6) is 0 Å². The standard InChI is InChI=1S/C20H18ClN7O2S/c21-16-8-4-5-9-17(16)31(29,30)27-12-10-26(11-13-27)19-18-20(23-14-22-19)28(25-24-18)15-6-2-1-3-7-15/h1-9,14H,10-13H2. The Morgan fingerprint density at radius 1 is 0.871 bits per heavy atom. The number of nitrogens with zero attached hydrogens (tertiary/aromatic N) is 7. The van der Waals surface area contributed by atoms with Crippen LogP contribution >= 0.6 is 11.6 Å². The molecule has 1 aliphatic heterocycles. The number of para-hydroxylation sites is 1. The highest BCUT2D eigenvalue weighted by atomic mass is 35.5. The van der Waals surface area contributed by atoms with Crippen molar-refractivity contribution < 1.29 is 8.42 Å². The number of hydrogen-bond donors (Lipinski definition) is 0. The van der Waals surface area contributed by atoms with Gasteiger partial charge < -0.3 is 4.90 Å². The molecule has 2 aromatic heterocycles. The Labute approximate surface area is 183 Å². The van der Waals surface area contributed by atoms with Crippen LogP contribution in [0.3, 0.4) is 0 Å². The lowest BCUT2D eigenvalue weighted by atomic mass is 10.3. The lowest BCUT2D eigenvalue weighted by Gasteiger charge is -2.34. The van der Waals surface area contributed by atoms with Gasteiger partial charge in [-0.25, -0.2) is 18.4 Å². The highest BCUT2D eigenvalue weighted by Crippen LogP contribution is 2.27. The van der Waals surface area contributed by atoms with Crippen molar-refractivity contribution >= 4 is 38.6 Å². The molecule has 1 fully saturated rings. The zero-order valence-electron chi connectivity index (χ0n) is 16.3. The monoisotopic (exact) mass is 455 g/mol. The first-order valence-corrected chi connectivity index (χ1v) is 11.5. The number of fused-ring (bicyclic) bond motifs is 1. The number of piperazine rings is 1. The largest absolute Gasteiger partial charge is 0.352 e. The molecule has 31 heavy (non-hydrogen) atoms. The third-order valence-electron chi connectivity index (χ3n) is 5.21. The highest BCUT2D eigenvalue weighted by molar-refractivity contribution is 7.89. The lowest BCUT2D eigenvalue weighted by molar-refractivity contribution is 0.384. The maximum Gasteiger partial charge on any atom is 0.244 e. The Morgan fingerprint density at radius 2 is 1.58 bits per heavy atom. The molecule has 0 spiro atoms. The fourth-order valence-corrected chi connectivity index (χ4v) is 5.56. The van der Waals surface area contributed by atoms with Gasteiger partial charge in [-0.2, -0.15) is 8.99 Å². The van der Waals surface area contributed by atoms with Crippen molar-refractivity contribution in [1.82, 2.24) is 29.3 Å². The molecular formula is C20H18ClN7O2S. The van der Waals surface area contributed by atoms with E-state index >= 15 is 0 Å². The van der Waals surface area contributed by atoms with E-state index in [1.807, 2.05) is 35.2 Å². The number of hydrogen-bond acceptors (Lipinski definition) is 7. The van der Waals surface area contributed by atoms with Crippen LogP contribution in [0, 0.1) is 0 Å². The normalized spacial score (nSPS) is 15.5. The van der Waals surface area contributed by atoms with Gasteiger partial charge in [0.15, 0.2) is 17.0 Å². The molecule has 9 nitrogen and oxygen atoms in total. The van der Waals surface area contributed by atoms with Gasteiger partial charge in [-0.1, -0.05) is 47.1 Å². The van der Waals surface area contributed by atoms with Crippen LogP contribution in [0.4, 0.5) is 5.82 Å². The van der Waals surface area contributed by atoms with Gasteiger partial charge in [-0.05, 0) is 24.3 Å². The second kappa shape index (κ2) is 7.88. The van der Waals surface area contributed by atoms with E-state index < -0.39 is 10.0 Å². The summed E-state index contributed by atoms with van der Waals surface area (Å²) in [5.41, 5.74) is 2.03. The third-order valence-corrected chi connectivity index (χ3v) is 7.61. The minimum Gasteiger partial charge on any atom is -0.352 e. The van der Waals surface area contributed by atoms with E-state index in [-0.39, 0.29) is 9.92 Å². The summed E-state index contributed by atoms with van der Waals surface area (Å²) < 4.78 is 29.1. The van der Waals surface area contributed by atoms with Crippen molar-refractivity contribution in [2.45, 2.75) is 4.90 Å². The van der Waals surface area contributed by atoms with Crippen molar-refractivity contribution in [2.24, 2.45) is 0 Å². The van der Waals surface area contributed by atoms with E-state index in [2.05, 4.69) is 20.3 Å². The Balaban J connectivity index is 1.40. The molecule has 0 atom stereocenters. The Bertz CT molecular complexity index is 1340. The predicted octanol–water partition coefficient (Wildman–Crippen LogP) is 2.37. The van der Waals surface area contributed by atoms with Gasteiger partial charge in [-0.3, -0.25) is 0 Å². The number of anilines is 1. The second-order valence-corrected chi connectivity index (χ2v) is 9.34. The zero-order chi connectivity index (χ0) is 21.4. The van der Waals surface area contributed by atoms with Gasteiger partial charge in [0.25, 0.3) is 0 Å². The fourth-order valence-electron chi connectivity index (χ4n) is 3.64. The van der Waals surface area contributed by atoms with Gasteiger partial charge >= 0.3 is 0 Å². The predicted molar refractivity (Wildman–Crippen MR) is 117 cm³/mol. The number of aromatic nitrogens is 5. The second-order valence-electron chi connectivity index (χ2n) is 7.03. The van der Waals surface area contributed by atoms with E-state index in [1.54, 1.807) is 22.9 Å². The first kappa shape index (κ1) is 19.9. The minimum absolute atomic E-state index is 0.125. The van der Waals surface area contributed by atoms with Crippen LogP contribution in [0.25, 0.3) is 16.9 Å². The molecule has 0 aliphatic carbocycles. The molecule has 0 amide bonds. The summed E-state index contributed by atoms with van der Waals surface area (Å²) in [4.78, 5) is 10.9. The van der Waals surface area contributed by atoms with Gasteiger partial charge in [0.05, 0.1) is 10.7 Å². The molecule has 158 valence electrons. The highest BCUT2D eigenvalue weighted by Gasteiger charge is 2.31. The van der Waals surface area contributed by atoms with E-state index in [0.717, 1.165) is 5.69 Å². The van der Waals surface area contributed by atoms with Gasteiger partial charge in [0, 0.05) is 26.2 Å². The summed E-state index contributed by atoms with van der Waals surface area (Å²) in [5.74, 6) is 0.641. The fraction of sp³-hybridized carbons (Fsp3) is 0.200. The number of halogens is 1. The number of rotatable bonds is 4. The Kier molecular flexibility index (Phi) is 5.05. The lowest BCUT2D eigenvalue weighted by Crippen LogP contribution is -2.49. The van der Waals surface area contributed by atoms with E-state index in [1.165, 1.54) is 16.7 Å². The maximum absolute atomic E-state index is 13.0. The van der Waals surface area contributed by atoms with Crippen LogP contribution in [-0.2, 0) is 10.0 Å². The average molecular weight is 456 g/mol. The van der Waals surface area contributed by atoms with E-state index in [4.69, 9.17) is 11.6 Å². The Hall–Kier alpha value is -3.08.